The van der Waals surface area contributed by atoms with Gasteiger partial charge in [0.05, 0.1) is 12.0 Å². The molecular weight excluding hydrogens is 220 g/mol. The van der Waals surface area contributed by atoms with E-state index in [4.69, 9.17) is 5.73 Å². The van der Waals surface area contributed by atoms with Crippen molar-refractivity contribution in [1.29, 1.82) is 0 Å². The summed E-state index contributed by atoms with van der Waals surface area (Å²) in [6.45, 7) is 1.05. The molecule has 0 spiro atoms. The largest absolute Gasteiger partial charge is 0.481 e. The second-order valence-corrected chi connectivity index (χ2v) is 4.84. The molecule has 0 bridgehead atoms. The van der Waals surface area contributed by atoms with E-state index in [9.17, 15) is 14.7 Å². The lowest BCUT2D eigenvalue weighted by Gasteiger charge is -2.37. The van der Waals surface area contributed by atoms with Crippen molar-refractivity contribution < 1.29 is 14.7 Å². The molecule has 94 valence electrons. The maximum atomic E-state index is 12.2. The molecule has 0 aromatic heterocycles. The second kappa shape index (κ2) is 4.98. The Balaban J connectivity index is 2.28. The third kappa shape index (κ3) is 2.40. The highest BCUT2D eigenvalue weighted by molar-refractivity contribution is 5.90. The molecule has 4 unspecified atom stereocenters. The Bertz CT molecular complexity index is 354. The standard InChI is InChI=1S/C12H18N2O3/c13-9-4-2-1-3-7-5-14-6-8(12(16)17)10(7)11(9)15/h1-2,7-10,14H,3-6,13H2,(H,16,17). The number of carboxylic acids is 1. The Morgan fingerprint density at radius 3 is 2.76 bits per heavy atom. The molecule has 4 atom stereocenters. The maximum absolute atomic E-state index is 12.2. The van der Waals surface area contributed by atoms with Crippen LogP contribution < -0.4 is 11.1 Å². The van der Waals surface area contributed by atoms with Gasteiger partial charge in [0.25, 0.3) is 0 Å². The number of ketones is 1. The first-order chi connectivity index (χ1) is 8.11. The van der Waals surface area contributed by atoms with Crippen molar-refractivity contribution in [2.45, 2.75) is 18.9 Å². The SMILES string of the molecule is NC1CC=CCC2CNCC(C(=O)O)C2C1=O. The number of rotatable bonds is 1. The monoisotopic (exact) mass is 238 g/mol. The minimum Gasteiger partial charge on any atom is -0.481 e. The molecule has 0 amide bonds. The number of nitrogens with two attached hydrogens (primary N) is 1. The molecule has 1 heterocycles. The number of carbonyl (C=O) groups is 2. The minimum atomic E-state index is -0.905. The summed E-state index contributed by atoms with van der Waals surface area (Å²) in [5, 5.41) is 12.3. The van der Waals surface area contributed by atoms with E-state index in [1.807, 2.05) is 12.2 Å². The van der Waals surface area contributed by atoms with E-state index in [1.54, 1.807) is 0 Å². The molecule has 1 fully saturated rings. The molecule has 0 aromatic carbocycles. The lowest BCUT2D eigenvalue weighted by atomic mass is 9.71. The van der Waals surface area contributed by atoms with E-state index in [-0.39, 0.29) is 11.7 Å². The van der Waals surface area contributed by atoms with Gasteiger partial charge in [-0.25, -0.2) is 0 Å². The Morgan fingerprint density at radius 1 is 1.35 bits per heavy atom. The van der Waals surface area contributed by atoms with Crippen LogP contribution in [0.4, 0.5) is 0 Å². The van der Waals surface area contributed by atoms with E-state index in [0.29, 0.717) is 19.5 Å². The fraction of sp³-hybridized carbons (Fsp3) is 0.667. The number of piperidine rings is 1. The molecule has 5 heteroatoms. The molecule has 0 radical (unpaired) electrons. The van der Waals surface area contributed by atoms with Gasteiger partial charge in [-0.2, -0.15) is 0 Å². The van der Waals surface area contributed by atoms with Gasteiger partial charge in [-0.15, -0.1) is 0 Å². The molecular formula is C12H18N2O3. The van der Waals surface area contributed by atoms with Crippen molar-refractivity contribution in [1.82, 2.24) is 5.32 Å². The summed E-state index contributed by atoms with van der Waals surface area (Å²) >= 11 is 0. The zero-order valence-corrected chi connectivity index (χ0v) is 9.63. The van der Waals surface area contributed by atoms with Crippen molar-refractivity contribution in [3.63, 3.8) is 0 Å². The third-order valence-electron chi connectivity index (χ3n) is 3.72. The van der Waals surface area contributed by atoms with Crippen LogP contribution in [-0.2, 0) is 9.59 Å². The van der Waals surface area contributed by atoms with E-state index in [1.165, 1.54) is 0 Å². The Morgan fingerprint density at radius 2 is 2.06 bits per heavy atom. The van der Waals surface area contributed by atoms with Gasteiger partial charge in [0, 0.05) is 12.5 Å². The average molecular weight is 238 g/mol. The molecule has 0 aromatic rings. The molecule has 1 aliphatic heterocycles. The summed E-state index contributed by atoms with van der Waals surface area (Å²) in [7, 11) is 0. The van der Waals surface area contributed by atoms with Gasteiger partial charge in [0.15, 0.2) is 5.78 Å². The maximum Gasteiger partial charge on any atom is 0.308 e. The highest BCUT2D eigenvalue weighted by Gasteiger charge is 2.43. The van der Waals surface area contributed by atoms with E-state index < -0.39 is 23.8 Å². The Labute approximate surface area is 100 Å². The summed E-state index contributed by atoms with van der Waals surface area (Å²) < 4.78 is 0. The van der Waals surface area contributed by atoms with Gasteiger partial charge in [0.1, 0.15) is 0 Å². The number of nitrogens with one attached hydrogen (secondary N) is 1. The van der Waals surface area contributed by atoms with Crippen LogP contribution in [0.3, 0.4) is 0 Å². The van der Waals surface area contributed by atoms with Crippen molar-refractivity contribution in [3.8, 4) is 0 Å². The second-order valence-electron chi connectivity index (χ2n) is 4.84. The summed E-state index contributed by atoms with van der Waals surface area (Å²) in [4.78, 5) is 23.4. The average Bonchev–Trinajstić information content (AvgIpc) is 2.31. The van der Waals surface area contributed by atoms with Crippen LogP contribution in [0.5, 0.6) is 0 Å². The zero-order chi connectivity index (χ0) is 12.4. The van der Waals surface area contributed by atoms with E-state index >= 15 is 0 Å². The number of hydrogen-bond acceptors (Lipinski definition) is 4. The smallest absolute Gasteiger partial charge is 0.308 e. The lowest BCUT2D eigenvalue weighted by molar-refractivity contribution is -0.149. The van der Waals surface area contributed by atoms with Gasteiger partial charge in [-0.1, -0.05) is 12.2 Å². The number of hydrogen-bond donors (Lipinski definition) is 3. The van der Waals surface area contributed by atoms with Crippen molar-refractivity contribution >= 4 is 11.8 Å². The van der Waals surface area contributed by atoms with E-state index in [2.05, 4.69) is 5.32 Å². The first-order valence-electron chi connectivity index (χ1n) is 5.99. The molecule has 2 rings (SSSR count). The molecule has 4 N–H and O–H groups in total. The third-order valence-corrected chi connectivity index (χ3v) is 3.72. The molecule has 2 aliphatic rings. The molecule has 0 saturated carbocycles. The van der Waals surface area contributed by atoms with Crippen LogP contribution >= 0.6 is 0 Å². The zero-order valence-electron chi connectivity index (χ0n) is 9.63. The van der Waals surface area contributed by atoms with Crippen LogP contribution in [0, 0.1) is 17.8 Å². The fourth-order valence-corrected chi connectivity index (χ4v) is 2.79. The van der Waals surface area contributed by atoms with Crippen molar-refractivity contribution in [3.05, 3.63) is 12.2 Å². The summed E-state index contributed by atoms with van der Waals surface area (Å²) in [6.07, 6.45) is 5.20. The minimum absolute atomic E-state index is 0.0555. The molecule has 1 aliphatic carbocycles. The van der Waals surface area contributed by atoms with Crippen LogP contribution in [0.2, 0.25) is 0 Å². The van der Waals surface area contributed by atoms with E-state index in [0.717, 1.165) is 6.42 Å². The van der Waals surface area contributed by atoms with Gasteiger partial charge >= 0.3 is 5.97 Å². The number of allylic oxidation sites excluding steroid dienone is 1. The van der Waals surface area contributed by atoms with Crippen LogP contribution in [0.15, 0.2) is 12.2 Å². The van der Waals surface area contributed by atoms with Crippen molar-refractivity contribution in [2.75, 3.05) is 13.1 Å². The van der Waals surface area contributed by atoms with Crippen LogP contribution in [-0.4, -0.2) is 36.0 Å². The predicted molar refractivity (Wildman–Crippen MR) is 62.3 cm³/mol. The van der Waals surface area contributed by atoms with Crippen LogP contribution in [0.1, 0.15) is 12.8 Å². The highest BCUT2D eigenvalue weighted by Crippen LogP contribution is 2.31. The highest BCUT2D eigenvalue weighted by atomic mass is 16.4. The predicted octanol–water partition coefficient (Wildman–Crippen LogP) is -0.231. The number of Topliss-reactive ketones (excluding diaryl/α,β-unsaturated/α-hetero) is 1. The van der Waals surface area contributed by atoms with Crippen molar-refractivity contribution in [2.24, 2.45) is 23.5 Å². The first-order valence-corrected chi connectivity index (χ1v) is 5.99. The van der Waals surface area contributed by atoms with Crippen LogP contribution in [0.25, 0.3) is 0 Å². The normalized spacial score (nSPS) is 38.1. The number of fused-ring (bicyclic) bond motifs is 1. The lowest BCUT2D eigenvalue weighted by Crippen LogP contribution is -2.53. The Kier molecular flexibility index (Phi) is 3.59. The van der Waals surface area contributed by atoms with Gasteiger partial charge in [0.2, 0.25) is 0 Å². The fourth-order valence-electron chi connectivity index (χ4n) is 2.79. The first kappa shape index (κ1) is 12.3. The van der Waals surface area contributed by atoms with Gasteiger partial charge in [-0.05, 0) is 25.3 Å². The quantitative estimate of drug-likeness (QED) is 0.549. The summed E-state index contributed by atoms with van der Waals surface area (Å²) in [5.41, 5.74) is 5.80. The summed E-state index contributed by atoms with van der Waals surface area (Å²) in [6, 6.07) is -0.556. The molecule has 17 heavy (non-hydrogen) atoms. The molecule has 1 saturated heterocycles. The Hall–Kier alpha value is -1.20. The number of carbonyl (C=O) groups excluding carboxylic acids is 1. The number of carboxylic acid groups (broad SMARTS) is 1. The van der Waals surface area contributed by atoms with Gasteiger partial charge in [-0.3, -0.25) is 9.59 Å². The van der Waals surface area contributed by atoms with Gasteiger partial charge < -0.3 is 16.2 Å². The molecule has 5 nitrogen and oxygen atoms in total. The topological polar surface area (TPSA) is 92.4 Å². The summed E-state index contributed by atoms with van der Waals surface area (Å²) in [5.74, 6) is -2.02. The number of aliphatic carboxylic acids is 1.